The highest BCUT2D eigenvalue weighted by atomic mass is 32.2. The van der Waals surface area contributed by atoms with Gasteiger partial charge in [0.25, 0.3) is 0 Å². The summed E-state index contributed by atoms with van der Waals surface area (Å²) in [6.07, 6.45) is 13.6. The first-order chi connectivity index (χ1) is 7.62. The van der Waals surface area contributed by atoms with Crippen molar-refractivity contribution in [1.82, 2.24) is 0 Å². The third-order valence-corrected chi connectivity index (χ3v) is 4.51. The van der Waals surface area contributed by atoms with Gasteiger partial charge in [-0.3, -0.25) is 0 Å². The molecule has 0 aromatic heterocycles. The van der Waals surface area contributed by atoms with Gasteiger partial charge in [-0.25, -0.2) is 0 Å². The molecule has 0 bridgehead atoms. The molecule has 0 N–H and O–H groups in total. The molecule has 1 heteroatoms. The average Bonchev–Trinajstić information content (AvgIpc) is 2.25. The predicted octanol–water partition coefficient (Wildman–Crippen LogP) is 5.86. The quantitative estimate of drug-likeness (QED) is 0.409. The first-order valence-electron chi connectivity index (χ1n) is 7.04. The van der Waals surface area contributed by atoms with Gasteiger partial charge in [0.05, 0.1) is 0 Å². The van der Waals surface area contributed by atoms with Gasteiger partial charge in [0.15, 0.2) is 0 Å². The van der Waals surface area contributed by atoms with Gasteiger partial charge in [0, 0.05) is 4.75 Å². The molecule has 0 aromatic carbocycles. The number of thioether (sulfide) groups is 1. The summed E-state index contributed by atoms with van der Waals surface area (Å²) >= 11 is 2.10. The van der Waals surface area contributed by atoms with Gasteiger partial charge < -0.3 is 0 Å². The molecule has 0 amide bonds. The molecule has 97 valence electrons. The Morgan fingerprint density at radius 1 is 0.938 bits per heavy atom. The summed E-state index contributed by atoms with van der Waals surface area (Å²) in [7, 11) is 0. The van der Waals surface area contributed by atoms with E-state index in [4.69, 9.17) is 0 Å². The molecule has 0 aliphatic heterocycles. The summed E-state index contributed by atoms with van der Waals surface area (Å²) in [6, 6.07) is 0. The standard InChI is InChI=1S/C15H31S/c1-5-7-8-9-10-11-12-13-15(3,4)16-14-6-2/h6H,5,7-14H2,1-4H3. The van der Waals surface area contributed by atoms with E-state index in [1.807, 2.05) is 0 Å². The summed E-state index contributed by atoms with van der Waals surface area (Å²) < 4.78 is 0.482. The van der Waals surface area contributed by atoms with E-state index < -0.39 is 0 Å². The maximum Gasteiger partial charge on any atom is 0.0103 e. The molecule has 16 heavy (non-hydrogen) atoms. The van der Waals surface area contributed by atoms with E-state index in [0.29, 0.717) is 4.75 Å². The van der Waals surface area contributed by atoms with Crippen LogP contribution in [-0.4, -0.2) is 10.5 Å². The van der Waals surface area contributed by atoms with Crippen LogP contribution in [-0.2, 0) is 0 Å². The Morgan fingerprint density at radius 2 is 1.50 bits per heavy atom. The molecule has 0 aliphatic rings. The van der Waals surface area contributed by atoms with Crippen LogP contribution in [0.4, 0.5) is 0 Å². The lowest BCUT2D eigenvalue weighted by Gasteiger charge is -2.23. The van der Waals surface area contributed by atoms with E-state index in [0.717, 1.165) is 0 Å². The highest BCUT2D eigenvalue weighted by Crippen LogP contribution is 2.30. The summed E-state index contributed by atoms with van der Waals surface area (Å²) in [5.74, 6) is 1.20. The molecule has 0 rings (SSSR count). The molecule has 0 saturated carbocycles. The SMILES string of the molecule is C[CH]CSC(C)(C)CCCCCCCCC. The van der Waals surface area contributed by atoms with Gasteiger partial charge in [-0.05, 0) is 18.6 Å². The third-order valence-electron chi connectivity index (χ3n) is 3.02. The van der Waals surface area contributed by atoms with Crippen LogP contribution in [0, 0.1) is 6.42 Å². The Hall–Kier alpha value is 0.350. The minimum absolute atomic E-state index is 0.482. The molecule has 0 heterocycles. The third kappa shape index (κ3) is 10.9. The molecule has 0 atom stereocenters. The van der Waals surface area contributed by atoms with Gasteiger partial charge in [-0.15, -0.1) is 0 Å². The normalized spacial score (nSPS) is 12.0. The lowest BCUT2D eigenvalue weighted by molar-refractivity contribution is 0.536. The van der Waals surface area contributed by atoms with Crippen molar-refractivity contribution in [3.05, 3.63) is 6.42 Å². The fourth-order valence-electron chi connectivity index (χ4n) is 1.89. The number of hydrogen-bond donors (Lipinski definition) is 0. The van der Waals surface area contributed by atoms with Gasteiger partial charge in [0.1, 0.15) is 0 Å². The maximum atomic E-state index is 2.39. The first kappa shape index (κ1) is 16.4. The lowest BCUT2D eigenvalue weighted by atomic mass is 10.0. The van der Waals surface area contributed by atoms with Crippen LogP contribution in [0.15, 0.2) is 0 Å². The fourth-order valence-corrected chi connectivity index (χ4v) is 2.80. The number of unbranched alkanes of at least 4 members (excludes halogenated alkanes) is 6. The van der Waals surface area contributed by atoms with Gasteiger partial charge in [-0.2, -0.15) is 11.8 Å². The molecule has 1 radical (unpaired) electrons. The average molecular weight is 243 g/mol. The number of rotatable bonds is 11. The van der Waals surface area contributed by atoms with Crippen LogP contribution in [0.3, 0.4) is 0 Å². The van der Waals surface area contributed by atoms with Crippen molar-refractivity contribution in [2.75, 3.05) is 5.75 Å². The zero-order chi connectivity index (χ0) is 12.3. The van der Waals surface area contributed by atoms with Crippen molar-refractivity contribution < 1.29 is 0 Å². The molecule has 0 spiro atoms. The summed E-state index contributed by atoms with van der Waals surface area (Å²) in [5, 5.41) is 0. The molecule has 0 aliphatic carbocycles. The topological polar surface area (TPSA) is 0 Å². The molecule has 0 unspecified atom stereocenters. The van der Waals surface area contributed by atoms with Crippen molar-refractivity contribution in [1.29, 1.82) is 0 Å². The number of hydrogen-bond acceptors (Lipinski definition) is 1. The summed E-state index contributed by atoms with van der Waals surface area (Å²) in [5.41, 5.74) is 0. The van der Waals surface area contributed by atoms with E-state index in [9.17, 15) is 0 Å². The van der Waals surface area contributed by atoms with Crippen LogP contribution in [0.25, 0.3) is 0 Å². The highest BCUT2D eigenvalue weighted by molar-refractivity contribution is 8.00. The molecule has 0 fully saturated rings. The van der Waals surface area contributed by atoms with Crippen molar-refractivity contribution >= 4 is 11.8 Å². The van der Waals surface area contributed by atoms with Crippen LogP contribution < -0.4 is 0 Å². The molecule has 0 aromatic rings. The van der Waals surface area contributed by atoms with E-state index in [1.165, 1.54) is 57.1 Å². The van der Waals surface area contributed by atoms with Crippen molar-refractivity contribution in [2.24, 2.45) is 0 Å². The van der Waals surface area contributed by atoms with E-state index in [2.05, 4.69) is 45.9 Å². The second-order valence-corrected chi connectivity index (χ2v) is 7.08. The fraction of sp³-hybridized carbons (Fsp3) is 0.933. The van der Waals surface area contributed by atoms with Crippen molar-refractivity contribution in [2.45, 2.75) is 83.8 Å². The van der Waals surface area contributed by atoms with Crippen LogP contribution in [0.5, 0.6) is 0 Å². The Morgan fingerprint density at radius 3 is 2.06 bits per heavy atom. The van der Waals surface area contributed by atoms with Gasteiger partial charge in [-0.1, -0.05) is 72.6 Å². The molecular weight excluding hydrogens is 212 g/mol. The lowest BCUT2D eigenvalue weighted by Crippen LogP contribution is -2.15. The summed E-state index contributed by atoms with van der Waals surface area (Å²) in [6.45, 7) is 9.21. The smallest absolute Gasteiger partial charge is 0.0103 e. The Labute approximate surface area is 108 Å². The second kappa shape index (κ2) is 10.5. The second-order valence-electron chi connectivity index (χ2n) is 5.35. The highest BCUT2D eigenvalue weighted by Gasteiger charge is 2.16. The van der Waals surface area contributed by atoms with E-state index in [-0.39, 0.29) is 0 Å². The maximum absolute atomic E-state index is 2.39. The molecule has 0 saturated heterocycles. The summed E-state index contributed by atoms with van der Waals surface area (Å²) in [4.78, 5) is 0. The zero-order valence-electron chi connectivity index (χ0n) is 11.8. The van der Waals surface area contributed by atoms with Crippen molar-refractivity contribution in [3.63, 3.8) is 0 Å². The Bertz CT molecular complexity index is 140. The minimum Gasteiger partial charge on any atom is -0.155 e. The Kier molecular flexibility index (Phi) is 10.7. The van der Waals surface area contributed by atoms with Gasteiger partial charge >= 0.3 is 0 Å². The van der Waals surface area contributed by atoms with E-state index in [1.54, 1.807) is 0 Å². The predicted molar refractivity (Wildman–Crippen MR) is 79.1 cm³/mol. The minimum atomic E-state index is 0.482. The largest absolute Gasteiger partial charge is 0.155 e. The molecular formula is C15H31S. The zero-order valence-corrected chi connectivity index (χ0v) is 12.7. The van der Waals surface area contributed by atoms with Crippen LogP contribution in [0.2, 0.25) is 0 Å². The van der Waals surface area contributed by atoms with Crippen LogP contribution >= 0.6 is 11.8 Å². The van der Waals surface area contributed by atoms with E-state index >= 15 is 0 Å². The monoisotopic (exact) mass is 243 g/mol. The molecule has 0 nitrogen and oxygen atoms in total. The van der Waals surface area contributed by atoms with Crippen molar-refractivity contribution in [3.8, 4) is 0 Å². The van der Waals surface area contributed by atoms with Crippen LogP contribution in [0.1, 0.15) is 79.1 Å². The van der Waals surface area contributed by atoms with Gasteiger partial charge in [0.2, 0.25) is 0 Å². The first-order valence-corrected chi connectivity index (χ1v) is 8.02. The Balaban J connectivity index is 3.29.